The molecule has 0 atom stereocenters. The summed E-state index contributed by atoms with van der Waals surface area (Å²) in [6, 6.07) is 15.8. The maximum absolute atomic E-state index is 12.2. The Bertz CT molecular complexity index is 771. The second-order valence-electron chi connectivity index (χ2n) is 7.49. The second kappa shape index (κ2) is 8.44. The fourth-order valence-electron chi connectivity index (χ4n) is 3.31. The van der Waals surface area contributed by atoms with Gasteiger partial charge in [-0.15, -0.1) is 0 Å². The van der Waals surface area contributed by atoms with Crippen molar-refractivity contribution in [1.29, 1.82) is 0 Å². The summed E-state index contributed by atoms with van der Waals surface area (Å²) in [4.78, 5) is 14.6. The summed E-state index contributed by atoms with van der Waals surface area (Å²) in [6.45, 7) is 6.85. The fourth-order valence-corrected chi connectivity index (χ4v) is 3.31. The smallest absolute Gasteiger partial charge is 0.258 e. The SMILES string of the molecule is COc1ccc(OCC(=O)NCC(C)(C)N2CCc3ccccc3C2)cc1. The highest BCUT2D eigenvalue weighted by Gasteiger charge is 2.30. The summed E-state index contributed by atoms with van der Waals surface area (Å²) >= 11 is 0. The van der Waals surface area contributed by atoms with Crippen LogP contribution in [-0.2, 0) is 17.8 Å². The molecule has 0 bridgehead atoms. The molecule has 3 rings (SSSR count). The molecule has 144 valence electrons. The van der Waals surface area contributed by atoms with Crippen molar-refractivity contribution in [3.63, 3.8) is 0 Å². The zero-order valence-electron chi connectivity index (χ0n) is 16.3. The Labute approximate surface area is 161 Å². The molecule has 0 radical (unpaired) electrons. The number of amides is 1. The fraction of sp³-hybridized carbons (Fsp3) is 0.409. The Balaban J connectivity index is 1.47. The van der Waals surface area contributed by atoms with Crippen molar-refractivity contribution in [2.24, 2.45) is 0 Å². The summed E-state index contributed by atoms with van der Waals surface area (Å²) in [7, 11) is 1.62. The topological polar surface area (TPSA) is 50.8 Å². The van der Waals surface area contributed by atoms with Gasteiger partial charge in [0.05, 0.1) is 7.11 Å². The van der Waals surface area contributed by atoms with Crippen LogP contribution >= 0.6 is 0 Å². The normalized spacial score (nSPS) is 14.3. The van der Waals surface area contributed by atoms with Gasteiger partial charge in [0.1, 0.15) is 11.5 Å². The summed E-state index contributed by atoms with van der Waals surface area (Å²) in [5.74, 6) is 1.30. The largest absolute Gasteiger partial charge is 0.497 e. The lowest BCUT2D eigenvalue weighted by molar-refractivity contribution is -0.123. The molecule has 1 heterocycles. The maximum Gasteiger partial charge on any atom is 0.258 e. The third kappa shape index (κ3) is 5.01. The highest BCUT2D eigenvalue weighted by atomic mass is 16.5. The number of rotatable bonds is 7. The first-order valence-corrected chi connectivity index (χ1v) is 9.33. The first kappa shape index (κ1) is 19.2. The molecule has 27 heavy (non-hydrogen) atoms. The van der Waals surface area contributed by atoms with Crippen LogP contribution in [0.15, 0.2) is 48.5 Å². The number of fused-ring (bicyclic) bond motifs is 1. The van der Waals surface area contributed by atoms with Crippen LogP contribution < -0.4 is 14.8 Å². The van der Waals surface area contributed by atoms with Gasteiger partial charge in [-0.05, 0) is 55.7 Å². The van der Waals surface area contributed by atoms with Crippen molar-refractivity contribution >= 4 is 5.91 Å². The van der Waals surface area contributed by atoms with E-state index in [1.165, 1.54) is 11.1 Å². The molecule has 1 N–H and O–H groups in total. The lowest BCUT2D eigenvalue weighted by Gasteiger charge is -2.41. The van der Waals surface area contributed by atoms with Gasteiger partial charge in [0.2, 0.25) is 0 Å². The number of ether oxygens (including phenoxy) is 2. The number of hydrogen-bond donors (Lipinski definition) is 1. The molecular weight excluding hydrogens is 340 g/mol. The van der Waals surface area contributed by atoms with Crippen LogP contribution in [0.2, 0.25) is 0 Å². The van der Waals surface area contributed by atoms with Gasteiger partial charge in [0.15, 0.2) is 6.61 Å². The Morgan fingerprint density at radius 1 is 1.07 bits per heavy atom. The van der Waals surface area contributed by atoms with E-state index in [2.05, 4.69) is 48.3 Å². The molecule has 1 aliphatic rings. The van der Waals surface area contributed by atoms with E-state index in [9.17, 15) is 4.79 Å². The quantitative estimate of drug-likeness (QED) is 0.816. The average Bonchev–Trinajstić information content (AvgIpc) is 2.70. The molecule has 0 unspecified atom stereocenters. The number of hydrogen-bond acceptors (Lipinski definition) is 4. The van der Waals surface area contributed by atoms with E-state index in [0.29, 0.717) is 12.3 Å². The zero-order valence-corrected chi connectivity index (χ0v) is 16.3. The number of nitrogens with one attached hydrogen (secondary N) is 1. The van der Waals surface area contributed by atoms with Gasteiger partial charge in [-0.2, -0.15) is 0 Å². The minimum atomic E-state index is -0.122. The van der Waals surface area contributed by atoms with E-state index < -0.39 is 0 Å². The van der Waals surface area contributed by atoms with Crippen LogP contribution in [0.1, 0.15) is 25.0 Å². The van der Waals surface area contributed by atoms with E-state index in [1.807, 2.05) is 12.1 Å². The van der Waals surface area contributed by atoms with Crippen molar-refractivity contribution in [3.05, 3.63) is 59.7 Å². The maximum atomic E-state index is 12.2. The Hall–Kier alpha value is -2.53. The van der Waals surface area contributed by atoms with E-state index in [-0.39, 0.29) is 18.1 Å². The predicted molar refractivity (Wildman–Crippen MR) is 106 cm³/mol. The third-order valence-electron chi connectivity index (χ3n) is 5.13. The molecule has 0 aliphatic carbocycles. The Morgan fingerprint density at radius 3 is 2.44 bits per heavy atom. The summed E-state index contributed by atoms with van der Waals surface area (Å²) < 4.78 is 10.7. The van der Waals surface area contributed by atoms with Gasteiger partial charge in [-0.25, -0.2) is 0 Å². The van der Waals surface area contributed by atoms with Crippen molar-refractivity contribution in [3.8, 4) is 11.5 Å². The molecular formula is C22H28N2O3. The predicted octanol–water partition coefficient (Wildman–Crippen LogP) is 3.03. The Kier molecular flexibility index (Phi) is 6.01. The highest BCUT2D eigenvalue weighted by Crippen LogP contribution is 2.25. The second-order valence-corrected chi connectivity index (χ2v) is 7.49. The molecule has 1 aliphatic heterocycles. The minimum Gasteiger partial charge on any atom is -0.497 e. The van der Waals surface area contributed by atoms with Gasteiger partial charge in [-0.1, -0.05) is 24.3 Å². The van der Waals surface area contributed by atoms with Crippen LogP contribution in [0.4, 0.5) is 0 Å². The standard InChI is InChI=1S/C22H28N2O3/c1-22(2,24-13-12-17-6-4-5-7-18(17)14-24)16-23-21(25)15-27-20-10-8-19(26-3)9-11-20/h4-11H,12-16H2,1-3H3,(H,23,25). The molecule has 0 saturated carbocycles. The lowest BCUT2D eigenvalue weighted by atomic mass is 9.94. The average molecular weight is 368 g/mol. The molecule has 0 saturated heterocycles. The van der Waals surface area contributed by atoms with Gasteiger partial charge < -0.3 is 14.8 Å². The number of carbonyl (C=O) groups excluding carboxylic acids is 1. The van der Waals surface area contributed by atoms with Crippen LogP contribution in [0.3, 0.4) is 0 Å². The molecule has 0 aromatic heterocycles. The van der Waals surface area contributed by atoms with Gasteiger partial charge in [0, 0.05) is 25.2 Å². The van der Waals surface area contributed by atoms with E-state index in [0.717, 1.165) is 25.3 Å². The van der Waals surface area contributed by atoms with Crippen molar-refractivity contribution in [2.75, 3.05) is 26.8 Å². The molecule has 2 aromatic rings. The summed E-state index contributed by atoms with van der Waals surface area (Å²) in [5.41, 5.74) is 2.69. The molecule has 5 nitrogen and oxygen atoms in total. The van der Waals surface area contributed by atoms with Gasteiger partial charge >= 0.3 is 0 Å². The number of methoxy groups -OCH3 is 1. The first-order chi connectivity index (χ1) is 13.0. The third-order valence-corrected chi connectivity index (χ3v) is 5.13. The zero-order chi connectivity index (χ0) is 19.3. The monoisotopic (exact) mass is 368 g/mol. The number of benzene rings is 2. The van der Waals surface area contributed by atoms with E-state index in [4.69, 9.17) is 9.47 Å². The van der Waals surface area contributed by atoms with Gasteiger partial charge in [0.25, 0.3) is 5.91 Å². The Morgan fingerprint density at radius 2 is 1.74 bits per heavy atom. The number of carbonyl (C=O) groups is 1. The van der Waals surface area contributed by atoms with Crippen LogP contribution in [0.25, 0.3) is 0 Å². The molecule has 2 aromatic carbocycles. The van der Waals surface area contributed by atoms with Crippen LogP contribution in [0.5, 0.6) is 11.5 Å². The van der Waals surface area contributed by atoms with E-state index >= 15 is 0 Å². The minimum absolute atomic E-state index is 0.00520. The first-order valence-electron chi connectivity index (χ1n) is 9.33. The van der Waals surface area contributed by atoms with Crippen LogP contribution in [-0.4, -0.2) is 43.2 Å². The van der Waals surface area contributed by atoms with Crippen molar-refractivity contribution in [2.45, 2.75) is 32.4 Å². The van der Waals surface area contributed by atoms with Crippen molar-refractivity contribution < 1.29 is 14.3 Å². The highest BCUT2D eigenvalue weighted by molar-refractivity contribution is 5.77. The molecule has 0 spiro atoms. The van der Waals surface area contributed by atoms with Gasteiger partial charge in [-0.3, -0.25) is 9.69 Å². The molecule has 5 heteroatoms. The lowest BCUT2D eigenvalue weighted by Crippen LogP contribution is -2.53. The summed E-state index contributed by atoms with van der Waals surface area (Å²) in [6.07, 6.45) is 1.05. The van der Waals surface area contributed by atoms with Crippen LogP contribution in [0, 0.1) is 0 Å². The molecule has 1 amide bonds. The number of nitrogens with zero attached hydrogens (tertiary/aromatic N) is 1. The van der Waals surface area contributed by atoms with Crippen molar-refractivity contribution in [1.82, 2.24) is 10.2 Å². The molecule has 0 fully saturated rings. The van der Waals surface area contributed by atoms with E-state index in [1.54, 1.807) is 19.2 Å². The summed E-state index contributed by atoms with van der Waals surface area (Å²) in [5, 5.41) is 3.01.